The molecule has 130 valence electrons. The molecule has 2 heterocycles. The first kappa shape index (κ1) is 16.4. The van der Waals surface area contributed by atoms with Gasteiger partial charge in [-0.25, -0.2) is 9.48 Å². The maximum atomic E-state index is 12.3. The lowest BCUT2D eigenvalue weighted by molar-refractivity contribution is 0.262. The number of aryl methyl sites for hydroxylation is 2. The highest BCUT2D eigenvalue weighted by atomic mass is 16.5. The lowest BCUT2D eigenvalue weighted by Gasteiger charge is -2.20. The van der Waals surface area contributed by atoms with Crippen molar-refractivity contribution < 1.29 is 9.53 Å². The smallest absolute Gasteiger partial charge is 0.324 e. The molecule has 0 radical (unpaired) electrons. The average molecular weight is 332 g/mol. The highest BCUT2D eigenvalue weighted by Crippen LogP contribution is 2.35. The van der Waals surface area contributed by atoms with E-state index in [4.69, 9.17) is 4.74 Å². The normalized spacial score (nSPS) is 15.3. The molecule has 1 fully saturated rings. The number of hydrogen-bond acceptors (Lipinski definition) is 4. The number of carbonyl (C=O) groups excluding carboxylic acids is 1. The van der Waals surface area contributed by atoms with Gasteiger partial charge in [-0.3, -0.25) is 10.00 Å². The van der Waals surface area contributed by atoms with Crippen LogP contribution in [0, 0.1) is 0 Å². The van der Waals surface area contributed by atoms with E-state index >= 15 is 0 Å². The minimum absolute atomic E-state index is 0.314. The second-order valence-corrected chi connectivity index (χ2v) is 6.21. The number of amides is 2. The summed E-state index contributed by atoms with van der Waals surface area (Å²) < 4.78 is 8.38. The number of carbonyl (C=O) groups is 1. The van der Waals surface area contributed by atoms with E-state index in [9.17, 15) is 4.79 Å². The number of urea groups is 1. The van der Waals surface area contributed by atoms with Crippen LogP contribution in [0.3, 0.4) is 0 Å². The lowest BCUT2D eigenvalue weighted by Crippen LogP contribution is -2.22. The molecule has 8 heteroatoms. The molecule has 2 aromatic rings. The fraction of sp³-hybridized carbons (Fsp3) is 0.562. The molecule has 3 rings (SSSR count). The number of methoxy groups -OCH3 is 1. The van der Waals surface area contributed by atoms with Crippen molar-refractivity contribution in [1.29, 1.82) is 0 Å². The SMILES string of the molecule is COc1cc(NC(=O)Nc2cn(C)nc2C2CCCCC2)n(C)n1. The van der Waals surface area contributed by atoms with E-state index in [0.717, 1.165) is 24.2 Å². The molecule has 1 saturated carbocycles. The molecule has 2 amide bonds. The Kier molecular flexibility index (Phi) is 4.73. The molecule has 1 aliphatic rings. The molecular formula is C16H24N6O2. The van der Waals surface area contributed by atoms with Gasteiger partial charge in [0.15, 0.2) is 0 Å². The van der Waals surface area contributed by atoms with Crippen LogP contribution >= 0.6 is 0 Å². The van der Waals surface area contributed by atoms with Gasteiger partial charge in [-0.1, -0.05) is 19.3 Å². The fourth-order valence-corrected chi connectivity index (χ4v) is 3.21. The first-order valence-corrected chi connectivity index (χ1v) is 8.26. The lowest BCUT2D eigenvalue weighted by atomic mass is 9.86. The molecule has 0 atom stereocenters. The van der Waals surface area contributed by atoms with Crippen molar-refractivity contribution in [2.45, 2.75) is 38.0 Å². The first-order chi connectivity index (χ1) is 11.6. The van der Waals surface area contributed by atoms with E-state index < -0.39 is 0 Å². The van der Waals surface area contributed by atoms with Gasteiger partial charge in [0.1, 0.15) is 5.82 Å². The van der Waals surface area contributed by atoms with Crippen LogP contribution in [0.1, 0.15) is 43.7 Å². The van der Waals surface area contributed by atoms with Gasteiger partial charge in [0.2, 0.25) is 5.88 Å². The Morgan fingerprint density at radius 1 is 1.21 bits per heavy atom. The van der Waals surface area contributed by atoms with Crippen LogP contribution in [-0.4, -0.2) is 32.7 Å². The van der Waals surface area contributed by atoms with Crippen molar-refractivity contribution in [1.82, 2.24) is 19.6 Å². The minimum Gasteiger partial charge on any atom is -0.480 e. The quantitative estimate of drug-likeness (QED) is 0.901. The monoisotopic (exact) mass is 332 g/mol. The Labute approximate surface area is 141 Å². The van der Waals surface area contributed by atoms with Crippen LogP contribution in [0.15, 0.2) is 12.3 Å². The molecule has 0 aliphatic heterocycles. The molecule has 0 bridgehead atoms. The van der Waals surface area contributed by atoms with Gasteiger partial charge in [0, 0.05) is 32.3 Å². The third-order valence-electron chi connectivity index (χ3n) is 4.41. The molecule has 2 N–H and O–H groups in total. The number of ether oxygens (including phenoxy) is 1. The Morgan fingerprint density at radius 3 is 2.62 bits per heavy atom. The number of aromatic nitrogens is 4. The second kappa shape index (κ2) is 6.94. The van der Waals surface area contributed by atoms with Crippen LogP contribution < -0.4 is 15.4 Å². The summed E-state index contributed by atoms with van der Waals surface area (Å²) in [5.41, 5.74) is 1.76. The van der Waals surface area contributed by atoms with Crippen molar-refractivity contribution in [2.24, 2.45) is 14.1 Å². The van der Waals surface area contributed by atoms with Crippen molar-refractivity contribution in [3.05, 3.63) is 18.0 Å². The van der Waals surface area contributed by atoms with Crippen molar-refractivity contribution >= 4 is 17.5 Å². The Bertz CT molecular complexity index is 714. The van der Waals surface area contributed by atoms with E-state index in [2.05, 4.69) is 20.8 Å². The van der Waals surface area contributed by atoms with E-state index in [0.29, 0.717) is 17.6 Å². The predicted octanol–water partition coefficient (Wildman–Crippen LogP) is 2.85. The standard InChI is InChI=1S/C16H24N6O2/c1-21-10-12(15(20-21)11-7-5-4-6-8-11)17-16(23)18-13-9-14(24-3)19-22(13)2/h9-11H,4-8H2,1-3H3,(H2,17,18,23). The van der Waals surface area contributed by atoms with Crippen molar-refractivity contribution in [3.8, 4) is 5.88 Å². The van der Waals surface area contributed by atoms with Crippen LogP contribution in [0.25, 0.3) is 0 Å². The number of hydrogen-bond donors (Lipinski definition) is 2. The average Bonchev–Trinajstić information content (AvgIpc) is 3.11. The molecule has 0 saturated heterocycles. The van der Waals surface area contributed by atoms with Gasteiger partial charge >= 0.3 is 6.03 Å². The summed E-state index contributed by atoms with van der Waals surface area (Å²) in [6.07, 6.45) is 7.85. The first-order valence-electron chi connectivity index (χ1n) is 8.26. The molecule has 0 unspecified atom stereocenters. The molecule has 8 nitrogen and oxygen atoms in total. The summed E-state index contributed by atoms with van der Waals surface area (Å²) in [5, 5.41) is 14.4. The number of anilines is 2. The summed E-state index contributed by atoms with van der Waals surface area (Å²) >= 11 is 0. The van der Waals surface area contributed by atoms with Gasteiger partial charge in [-0.15, -0.1) is 5.10 Å². The van der Waals surface area contributed by atoms with Crippen LogP contribution in [0.5, 0.6) is 5.88 Å². The molecular weight excluding hydrogens is 308 g/mol. The molecule has 0 aromatic carbocycles. The maximum Gasteiger partial charge on any atom is 0.324 e. The Balaban J connectivity index is 1.70. The van der Waals surface area contributed by atoms with Gasteiger partial charge in [-0.2, -0.15) is 5.10 Å². The zero-order chi connectivity index (χ0) is 17.1. The van der Waals surface area contributed by atoms with Gasteiger partial charge in [0.05, 0.1) is 18.5 Å². The summed E-state index contributed by atoms with van der Waals surface area (Å²) in [7, 11) is 5.16. The van der Waals surface area contributed by atoms with E-state index in [1.54, 1.807) is 22.5 Å². The molecule has 1 aliphatic carbocycles. The summed E-state index contributed by atoms with van der Waals surface area (Å²) in [6.45, 7) is 0. The third-order valence-corrected chi connectivity index (χ3v) is 4.41. The molecule has 2 aromatic heterocycles. The molecule has 24 heavy (non-hydrogen) atoms. The van der Waals surface area contributed by atoms with Gasteiger partial charge in [-0.05, 0) is 12.8 Å². The largest absolute Gasteiger partial charge is 0.480 e. The van der Waals surface area contributed by atoms with Crippen LogP contribution in [0.2, 0.25) is 0 Å². The number of nitrogens with zero attached hydrogens (tertiary/aromatic N) is 4. The van der Waals surface area contributed by atoms with Crippen LogP contribution in [-0.2, 0) is 14.1 Å². The highest BCUT2D eigenvalue weighted by Gasteiger charge is 2.22. The summed E-state index contributed by atoms with van der Waals surface area (Å²) in [5.74, 6) is 1.44. The maximum absolute atomic E-state index is 12.3. The summed E-state index contributed by atoms with van der Waals surface area (Å²) in [6, 6.07) is 1.36. The van der Waals surface area contributed by atoms with E-state index in [1.165, 1.54) is 26.4 Å². The Hall–Kier alpha value is -2.51. The number of nitrogens with one attached hydrogen (secondary N) is 2. The predicted molar refractivity (Wildman–Crippen MR) is 91.4 cm³/mol. The zero-order valence-electron chi connectivity index (χ0n) is 14.4. The van der Waals surface area contributed by atoms with E-state index in [-0.39, 0.29) is 6.03 Å². The Morgan fingerprint density at radius 2 is 1.96 bits per heavy atom. The molecule has 0 spiro atoms. The zero-order valence-corrected chi connectivity index (χ0v) is 14.4. The van der Waals surface area contributed by atoms with Gasteiger partial charge < -0.3 is 10.1 Å². The number of rotatable bonds is 4. The van der Waals surface area contributed by atoms with Crippen molar-refractivity contribution in [3.63, 3.8) is 0 Å². The second-order valence-electron chi connectivity index (χ2n) is 6.21. The summed E-state index contributed by atoms with van der Waals surface area (Å²) in [4.78, 5) is 12.3. The third kappa shape index (κ3) is 3.52. The van der Waals surface area contributed by atoms with Gasteiger partial charge in [0.25, 0.3) is 0 Å². The highest BCUT2D eigenvalue weighted by molar-refractivity contribution is 5.99. The van der Waals surface area contributed by atoms with Crippen molar-refractivity contribution in [2.75, 3.05) is 17.7 Å². The van der Waals surface area contributed by atoms with Crippen LogP contribution in [0.4, 0.5) is 16.3 Å². The van der Waals surface area contributed by atoms with E-state index in [1.807, 2.05) is 13.2 Å². The fourth-order valence-electron chi connectivity index (χ4n) is 3.21. The minimum atomic E-state index is -0.314. The topological polar surface area (TPSA) is 86.0 Å².